The van der Waals surface area contributed by atoms with E-state index in [9.17, 15) is 4.79 Å². The highest BCUT2D eigenvalue weighted by atomic mass is 16.1. The van der Waals surface area contributed by atoms with E-state index in [2.05, 4.69) is 26.1 Å². The lowest BCUT2D eigenvalue weighted by Gasteiger charge is -2.30. The van der Waals surface area contributed by atoms with Crippen molar-refractivity contribution < 1.29 is 4.79 Å². The van der Waals surface area contributed by atoms with Crippen LogP contribution in [0.25, 0.3) is 0 Å². The molecular formula is C11H21NO. The Morgan fingerprint density at radius 1 is 1.54 bits per heavy atom. The van der Waals surface area contributed by atoms with Crippen molar-refractivity contribution in [1.29, 1.82) is 0 Å². The molecule has 0 aromatic heterocycles. The lowest BCUT2D eigenvalue weighted by atomic mass is 9.78. The molecule has 1 aliphatic rings. The molecule has 1 aliphatic heterocycles. The number of hydrogen-bond acceptors (Lipinski definition) is 2. The average Bonchev–Trinajstić information content (AvgIpc) is 2.16. The summed E-state index contributed by atoms with van der Waals surface area (Å²) in [6.45, 7) is 8.42. The Hall–Kier alpha value is -0.370. The number of nitrogens with one attached hydrogen (secondary N) is 1. The first kappa shape index (κ1) is 10.7. The number of ketones is 1. The molecule has 3 unspecified atom stereocenters. The Balaban J connectivity index is 2.53. The highest BCUT2D eigenvalue weighted by Crippen LogP contribution is 2.25. The van der Waals surface area contributed by atoms with Crippen LogP contribution in [0.5, 0.6) is 0 Å². The fourth-order valence-corrected chi connectivity index (χ4v) is 2.02. The number of rotatable bonds is 3. The van der Waals surface area contributed by atoms with Gasteiger partial charge in [-0.25, -0.2) is 0 Å². The van der Waals surface area contributed by atoms with Crippen LogP contribution in [0.1, 0.15) is 33.6 Å². The van der Waals surface area contributed by atoms with E-state index >= 15 is 0 Å². The third kappa shape index (κ3) is 2.53. The first-order valence-corrected chi connectivity index (χ1v) is 5.40. The average molecular weight is 183 g/mol. The SMILES string of the molecule is CCC(C)C(C)C1CNCCC1=O. The second-order valence-corrected chi connectivity index (χ2v) is 4.27. The molecule has 2 nitrogen and oxygen atoms in total. The molecule has 13 heavy (non-hydrogen) atoms. The van der Waals surface area contributed by atoms with Crippen molar-refractivity contribution in [2.45, 2.75) is 33.6 Å². The summed E-state index contributed by atoms with van der Waals surface area (Å²) in [7, 11) is 0. The third-order valence-corrected chi connectivity index (χ3v) is 3.50. The van der Waals surface area contributed by atoms with Crippen LogP contribution in [-0.4, -0.2) is 18.9 Å². The zero-order valence-corrected chi connectivity index (χ0v) is 8.97. The van der Waals surface area contributed by atoms with E-state index in [0.29, 0.717) is 17.6 Å². The zero-order chi connectivity index (χ0) is 9.84. The topological polar surface area (TPSA) is 29.1 Å². The molecule has 0 radical (unpaired) electrons. The van der Waals surface area contributed by atoms with Gasteiger partial charge < -0.3 is 5.32 Å². The quantitative estimate of drug-likeness (QED) is 0.723. The molecular weight excluding hydrogens is 162 g/mol. The second kappa shape index (κ2) is 4.75. The van der Waals surface area contributed by atoms with Gasteiger partial charge in [0.05, 0.1) is 0 Å². The van der Waals surface area contributed by atoms with Crippen molar-refractivity contribution >= 4 is 5.78 Å². The first-order chi connectivity index (χ1) is 6.16. The van der Waals surface area contributed by atoms with Crippen LogP contribution in [0.2, 0.25) is 0 Å². The van der Waals surface area contributed by atoms with E-state index < -0.39 is 0 Å². The molecule has 0 amide bonds. The standard InChI is InChI=1S/C11H21NO/c1-4-8(2)9(3)10-7-12-6-5-11(10)13/h8-10,12H,4-7H2,1-3H3. The minimum absolute atomic E-state index is 0.267. The molecule has 2 heteroatoms. The van der Waals surface area contributed by atoms with Gasteiger partial charge in [0.2, 0.25) is 0 Å². The molecule has 1 rings (SSSR count). The van der Waals surface area contributed by atoms with Crippen LogP contribution in [0, 0.1) is 17.8 Å². The Morgan fingerprint density at radius 2 is 2.23 bits per heavy atom. The molecule has 0 bridgehead atoms. The van der Waals surface area contributed by atoms with E-state index in [1.54, 1.807) is 0 Å². The third-order valence-electron chi connectivity index (χ3n) is 3.50. The molecule has 1 saturated heterocycles. The molecule has 0 spiro atoms. The van der Waals surface area contributed by atoms with Gasteiger partial charge >= 0.3 is 0 Å². The number of Topliss-reactive ketones (excluding diaryl/α,β-unsaturated/α-hetero) is 1. The van der Waals surface area contributed by atoms with Crippen LogP contribution in [0.4, 0.5) is 0 Å². The van der Waals surface area contributed by atoms with Crippen LogP contribution in [0.3, 0.4) is 0 Å². The summed E-state index contributed by atoms with van der Waals surface area (Å²) in [6.07, 6.45) is 1.90. The van der Waals surface area contributed by atoms with Crippen molar-refractivity contribution in [3.8, 4) is 0 Å². The van der Waals surface area contributed by atoms with Crippen molar-refractivity contribution in [2.75, 3.05) is 13.1 Å². The normalized spacial score (nSPS) is 28.5. The van der Waals surface area contributed by atoms with E-state index in [4.69, 9.17) is 0 Å². The maximum Gasteiger partial charge on any atom is 0.138 e. The molecule has 0 aliphatic carbocycles. The van der Waals surface area contributed by atoms with Gasteiger partial charge in [0, 0.05) is 25.4 Å². The van der Waals surface area contributed by atoms with Crippen molar-refractivity contribution in [3.63, 3.8) is 0 Å². The predicted octanol–water partition coefficient (Wildman–Crippen LogP) is 1.85. The van der Waals surface area contributed by atoms with Gasteiger partial charge in [-0.1, -0.05) is 27.2 Å². The molecule has 3 atom stereocenters. The van der Waals surface area contributed by atoms with E-state index in [0.717, 1.165) is 19.5 Å². The summed E-state index contributed by atoms with van der Waals surface area (Å²) in [6, 6.07) is 0. The Labute approximate surface area is 81.1 Å². The maximum absolute atomic E-state index is 11.6. The van der Waals surface area contributed by atoms with Gasteiger partial charge in [0.25, 0.3) is 0 Å². The minimum Gasteiger partial charge on any atom is -0.316 e. The summed E-state index contributed by atoms with van der Waals surface area (Å²) in [5, 5.41) is 3.30. The highest BCUT2D eigenvalue weighted by molar-refractivity contribution is 5.82. The second-order valence-electron chi connectivity index (χ2n) is 4.27. The summed E-state index contributed by atoms with van der Waals surface area (Å²) in [5.41, 5.74) is 0. The molecule has 76 valence electrons. The highest BCUT2D eigenvalue weighted by Gasteiger charge is 2.29. The summed E-state index contributed by atoms with van der Waals surface area (Å²) in [5.74, 6) is 1.93. The van der Waals surface area contributed by atoms with E-state index in [1.165, 1.54) is 6.42 Å². The summed E-state index contributed by atoms with van der Waals surface area (Å²) < 4.78 is 0. The zero-order valence-electron chi connectivity index (χ0n) is 8.97. The monoisotopic (exact) mass is 183 g/mol. The van der Waals surface area contributed by atoms with Gasteiger partial charge in [-0.05, 0) is 11.8 Å². The van der Waals surface area contributed by atoms with Crippen LogP contribution in [-0.2, 0) is 4.79 Å². The molecule has 0 aromatic rings. The van der Waals surface area contributed by atoms with Gasteiger partial charge in [0.1, 0.15) is 5.78 Å². The maximum atomic E-state index is 11.6. The Bertz CT molecular complexity index is 179. The van der Waals surface area contributed by atoms with Crippen molar-refractivity contribution in [1.82, 2.24) is 5.32 Å². The largest absolute Gasteiger partial charge is 0.316 e. The van der Waals surface area contributed by atoms with Gasteiger partial charge in [-0.15, -0.1) is 0 Å². The van der Waals surface area contributed by atoms with Crippen LogP contribution in [0.15, 0.2) is 0 Å². The van der Waals surface area contributed by atoms with Crippen molar-refractivity contribution in [2.24, 2.45) is 17.8 Å². The van der Waals surface area contributed by atoms with Gasteiger partial charge in [-0.3, -0.25) is 4.79 Å². The molecule has 1 fully saturated rings. The Kier molecular flexibility index (Phi) is 3.91. The molecule has 1 N–H and O–H groups in total. The fourth-order valence-electron chi connectivity index (χ4n) is 2.02. The predicted molar refractivity (Wildman–Crippen MR) is 54.6 cm³/mol. The minimum atomic E-state index is 0.267. The lowest BCUT2D eigenvalue weighted by molar-refractivity contribution is -0.126. The summed E-state index contributed by atoms with van der Waals surface area (Å²) >= 11 is 0. The van der Waals surface area contributed by atoms with E-state index in [-0.39, 0.29) is 5.92 Å². The molecule has 1 heterocycles. The fraction of sp³-hybridized carbons (Fsp3) is 0.909. The van der Waals surface area contributed by atoms with Gasteiger partial charge in [-0.2, -0.15) is 0 Å². The number of carbonyl (C=O) groups is 1. The van der Waals surface area contributed by atoms with Gasteiger partial charge in [0.15, 0.2) is 0 Å². The van der Waals surface area contributed by atoms with Crippen molar-refractivity contribution in [3.05, 3.63) is 0 Å². The molecule has 0 saturated carbocycles. The number of hydrogen-bond donors (Lipinski definition) is 1. The first-order valence-electron chi connectivity index (χ1n) is 5.40. The smallest absolute Gasteiger partial charge is 0.138 e. The van der Waals surface area contributed by atoms with E-state index in [1.807, 2.05) is 0 Å². The number of carbonyl (C=O) groups excluding carboxylic acids is 1. The van der Waals surface area contributed by atoms with Crippen LogP contribution >= 0.6 is 0 Å². The summed E-state index contributed by atoms with van der Waals surface area (Å²) in [4.78, 5) is 11.6. The molecule has 0 aromatic carbocycles. The van der Waals surface area contributed by atoms with Crippen LogP contribution < -0.4 is 5.32 Å². The lowest BCUT2D eigenvalue weighted by Crippen LogP contribution is -2.41. The number of piperidine rings is 1. The Morgan fingerprint density at radius 3 is 2.77 bits per heavy atom.